The highest BCUT2D eigenvalue weighted by Gasteiger charge is 2.13. The molecule has 128 valence electrons. The predicted octanol–water partition coefficient (Wildman–Crippen LogP) is 4.62. The van der Waals surface area contributed by atoms with E-state index in [1.165, 1.54) is 16.7 Å². The van der Waals surface area contributed by atoms with Crippen molar-refractivity contribution in [3.63, 3.8) is 0 Å². The number of nitrogens with two attached hydrogens (primary N) is 1. The lowest BCUT2D eigenvalue weighted by molar-refractivity contribution is 0.590. The van der Waals surface area contributed by atoms with Crippen molar-refractivity contribution >= 4 is 12.2 Å². The molecule has 3 rings (SSSR count). The van der Waals surface area contributed by atoms with Crippen LogP contribution in [-0.2, 0) is 5.41 Å². The third kappa shape index (κ3) is 3.97. The third-order valence-electron chi connectivity index (χ3n) is 4.14. The first-order valence-electron chi connectivity index (χ1n) is 8.40. The molecule has 0 fully saturated rings. The first kappa shape index (κ1) is 17.0. The van der Waals surface area contributed by atoms with E-state index in [1.54, 1.807) is 17.1 Å². The van der Waals surface area contributed by atoms with Crippen molar-refractivity contribution in [2.75, 3.05) is 5.73 Å². The number of aromatic nitrogens is 2. The van der Waals surface area contributed by atoms with E-state index in [4.69, 9.17) is 5.73 Å². The summed E-state index contributed by atoms with van der Waals surface area (Å²) in [7, 11) is 0. The maximum absolute atomic E-state index is 5.81. The van der Waals surface area contributed by atoms with Gasteiger partial charge in [-0.1, -0.05) is 63.2 Å². The van der Waals surface area contributed by atoms with Gasteiger partial charge in [0.15, 0.2) is 0 Å². The smallest absolute Gasteiger partial charge is 0.221 e. The van der Waals surface area contributed by atoms with Crippen molar-refractivity contribution in [2.45, 2.75) is 33.1 Å². The molecule has 0 saturated heterocycles. The highest BCUT2D eigenvalue weighted by molar-refractivity contribution is 5.82. The van der Waals surface area contributed by atoms with Crippen molar-refractivity contribution < 1.29 is 0 Å². The van der Waals surface area contributed by atoms with Crippen molar-refractivity contribution in [2.24, 2.45) is 5.10 Å². The van der Waals surface area contributed by atoms with Crippen LogP contribution < -0.4 is 5.73 Å². The van der Waals surface area contributed by atoms with Crippen LogP contribution in [0.25, 0.3) is 11.1 Å². The van der Waals surface area contributed by atoms with E-state index in [2.05, 4.69) is 67.3 Å². The van der Waals surface area contributed by atoms with Gasteiger partial charge in [-0.2, -0.15) is 5.10 Å². The maximum Gasteiger partial charge on any atom is 0.221 e. The molecule has 1 aromatic heterocycles. The number of hydrogen-bond donors (Lipinski definition) is 1. The molecular weight excluding hydrogens is 308 g/mol. The minimum atomic E-state index is 0.163. The van der Waals surface area contributed by atoms with Crippen LogP contribution in [0.1, 0.15) is 37.6 Å². The van der Waals surface area contributed by atoms with Gasteiger partial charge in [-0.05, 0) is 40.7 Å². The van der Waals surface area contributed by atoms with Gasteiger partial charge in [-0.25, -0.2) is 9.66 Å². The maximum atomic E-state index is 5.81. The highest BCUT2D eigenvalue weighted by atomic mass is 15.4. The first-order valence-corrected chi connectivity index (χ1v) is 8.40. The number of hydrogen-bond acceptors (Lipinski definition) is 3. The van der Waals surface area contributed by atoms with E-state index in [0.29, 0.717) is 5.95 Å². The Hall–Kier alpha value is -2.88. The molecule has 2 N–H and O–H groups in total. The number of nitrogens with zero attached hydrogens (tertiary/aromatic N) is 3. The summed E-state index contributed by atoms with van der Waals surface area (Å²) in [6.07, 6.45) is 3.60. The lowest BCUT2D eigenvalue weighted by atomic mass is 9.86. The van der Waals surface area contributed by atoms with Gasteiger partial charge in [0.25, 0.3) is 0 Å². The minimum Gasteiger partial charge on any atom is -0.368 e. The Morgan fingerprint density at radius 2 is 1.76 bits per heavy atom. The average Bonchev–Trinajstić information content (AvgIpc) is 2.90. The van der Waals surface area contributed by atoms with Crippen molar-refractivity contribution in [3.05, 3.63) is 71.5 Å². The third-order valence-corrected chi connectivity index (χ3v) is 4.14. The fraction of sp³-hybridized carbons (Fsp3) is 0.238. The lowest BCUT2D eigenvalue weighted by Crippen LogP contribution is -2.10. The molecule has 0 aliphatic heterocycles. The van der Waals surface area contributed by atoms with E-state index in [1.807, 2.05) is 19.1 Å². The average molecular weight is 332 g/mol. The minimum absolute atomic E-state index is 0.163. The molecule has 0 radical (unpaired) electrons. The standard InChI is InChI=1S/C21H24N4/c1-15-14-25(20(22)24-15)23-13-16-6-5-7-18(12-16)17-8-10-19(11-9-17)21(2,3)4/h5-14H,1-4H3,(H2,22,24). The molecular formula is C21H24N4. The second kappa shape index (κ2) is 6.55. The summed E-state index contributed by atoms with van der Waals surface area (Å²) in [5.41, 5.74) is 11.5. The molecule has 4 heteroatoms. The Balaban J connectivity index is 1.85. The zero-order valence-electron chi connectivity index (χ0n) is 15.2. The number of benzene rings is 2. The normalized spacial score (nSPS) is 12.0. The zero-order chi connectivity index (χ0) is 18.0. The quantitative estimate of drug-likeness (QED) is 0.711. The van der Waals surface area contributed by atoms with Crippen molar-refractivity contribution in [1.82, 2.24) is 9.66 Å². The highest BCUT2D eigenvalue weighted by Crippen LogP contribution is 2.26. The second-order valence-corrected chi connectivity index (χ2v) is 7.28. The van der Waals surface area contributed by atoms with Crippen LogP contribution in [0.5, 0.6) is 0 Å². The summed E-state index contributed by atoms with van der Waals surface area (Å²) in [6, 6.07) is 17.0. The zero-order valence-corrected chi connectivity index (χ0v) is 15.2. The van der Waals surface area contributed by atoms with Crippen LogP contribution in [0.3, 0.4) is 0 Å². The monoisotopic (exact) mass is 332 g/mol. The van der Waals surface area contributed by atoms with Crippen LogP contribution >= 0.6 is 0 Å². The second-order valence-electron chi connectivity index (χ2n) is 7.28. The molecule has 0 aliphatic carbocycles. The molecule has 0 unspecified atom stereocenters. The first-order chi connectivity index (χ1) is 11.8. The summed E-state index contributed by atoms with van der Waals surface area (Å²) in [4.78, 5) is 4.14. The molecule has 0 aliphatic rings. The molecule has 4 nitrogen and oxygen atoms in total. The Kier molecular flexibility index (Phi) is 4.45. The van der Waals surface area contributed by atoms with Gasteiger partial charge in [-0.15, -0.1) is 0 Å². The number of nitrogen functional groups attached to an aromatic ring is 1. The molecule has 3 aromatic rings. The van der Waals surface area contributed by atoms with Crippen LogP contribution in [0.4, 0.5) is 5.95 Å². The molecule has 0 spiro atoms. The summed E-state index contributed by atoms with van der Waals surface area (Å²) >= 11 is 0. The fourth-order valence-electron chi connectivity index (χ4n) is 2.69. The van der Waals surface area contributed by atoms with Crippen LogP contribution in [0.2, 0.25) is 0 Å². The van der Waals surface area contributed by atoms with E-state index >= 15 is 0 Å². The Morgan fingerprint density at radius 1 is 1.04 bits per heavy atom. The van der Waals surface area contributed by atoms with E-state index in [0.717, 1.165) is 11.3 Å². The Morgan fingerprint density at radius 3 is 2.36 bits per heavy atom. The molecule has 25 heavy (non-hydrogen) atoms. The van der Waals surface area contributed by atoms with Crippen LogP contribution in [0, 0.1) is 6.92 Å². The summed E-state index contributed by atoms with van der Waals surface area (Å²) in [6.45, 7) is 8.57. The lowest BCUT2D eigenvalue weighted by Gasteiger charge is -2.19. The van der Waals surface area contributed by atoms with E-state index in [-0.39, 0.29) is 5.41 Å². The summed E-state index contributed by atoms with van der Waals surface area (Å²) in [5.74, 6) is 0.391. The summed E-state index contributed by atoms with van der Waals surface area (Å²) < 4.78 is 1.58. The Bertz CT molecular complexity index is 896. The predicted molar refractivity (Wildman–Crippen MR) is 105 cm³/mol. The number of imidazole rings is 1. The molecule has 1 heterocycles. The Labute approximate surface area is 149 Å². The van der Waals surface area contributed by atoms with Gasteiger partial charge in [0.05, 0.1) is 18.1 Å². The van der Waals surface area contributed by atoms with Gasteiger partial charge in [0, 0.05) is 0 Å². The van der Waals surface area contributed by atoms with Gasteiger partial charge >= 0.3 is 0 Å². The fourth-order valence-corrected chi connectivity index (χ4v) is 2.69. The van der Waals surface area contributed by atoms with Gasteiger partial charge in [0.1, 0.15) is 0 Å². The topological polar surface area (TPSA) is 56.2 Å². The van der Waals surface area contributed by atoms with Gasteiger partial charge < -0.3 is 5.73 Å². The largest absolute Gasteiger partial charge is 0.368 e. The van der Waals surface area contributed by atoms with Crippen LogP contribution in [0.15, 0.2) is 59.8 Å². The molecule has 0 amide bonds. The molecule has 0 saturated carbocycles. The van der Waals surface area contributed by atoms with Gasteiger partial charge in [-0.3, -0.25) is 0 Å². The number of anilines is 1. The number of rotatable bonds is 3. The SMILES string of the molecule is Cc1cn(N=Cc2cccc(-c3ccc(C(C)(C)C)cc3)c2)c(N)n1. The van der Waals surface area contributed by atoms with Crippen LogP contribution in [-0.4, -0.2) is 15.9 Å². The van der Waals surface area contributed by atoms with Crippen molar-refractivity contribution in [1.29, 1.82) is 0 Å². The van der Waals surface area contributed by atoms with Gasteiger partial charge in [0.2, 0.25) is 5.95 Å². The number of aryl methyl sites for hydroxylation is 1. The van der Waals surface area contributed by atoms with E-state index in [9.17, 15) is 0 Å². The molecule has 0 atom stereocenters. The van der Waals surface area contributed by atoms with Crippen molar-refractivity contribution in [3.8, 4) is 11.1 Å². The molecule has 2 aromatic carbocycles. The summed E-state index contributed by atoms with van der Waals surface area (Å²) in [5, 5.41) is 4.38. The van der Waals surface area contributed by atoms with E-state index < -0.39 is 0 Å². The molecule has 0 bridgehead atoms.